The van der Waals surface area contributed by atoms with Crippen LogP contribution in [0, 0.1) is 13.8 Å². The average Bonchev–Trinajstić information content (AvgIpc) is 2.56. The lowest BCUT2D eigenvalue weighted by Crippen LogP contribution is -2.13. The van der Waals surface area contributed by atoms with Crippen molar-refractivity contribution in [3.05, 3.63) is 29.3 Å². The molecule has 2 N–H and O–H groups in total. The number of rotatable bonds is 1. The van der Waals surface area contributed by atoms with Gasteiger partial charge in [-0.25, -0.2) is 14.6 Å². The second-order valence-corrected chi connectivity index (χ2v) is 3.74. The third-order valence-corrected chi connectivity index (χ3v) is 2.47. The molecule has 0 atom stereocenters. The van der Waals surface area contributed by atoms with Crippen molar-refractivity contribution in [3.63, 3.8) is 0 Å². The molecule has 0 saturated carbocycles. The van der Waals surface area contributed by atoms with Gasteiger partial charge in [0.05, 0.1) is 17.1 Å². The number of hydrogen-bond acceptors (Lipinski definition) is 4. The van der Waals surface area contributed by atoms with Gasteiger partial charge in [0.15, 0.2) is 0 Å². The second kappa shape index (κ2) is 3.97. The van der Waals surface area contributed by atoms with Gasteiger partial charge in [0.25, 0.3) is 5.95 Å². The van der Waals surface area contributed by atoms with Crippen LogP contribution in [0.15, 0.2) is 12.3 Å². The van der Waals surface area contributed by atoms with Crippen LogP contribution in [0.25, 0.3) is 5.95 Å². The van der Waals surface area contributed by atoms with Gasteiger partial charge in [-0.3, -0.25) is 0 Å². The summed E-state index contributed by atoms with van der Waals surface area (Å²) in [6.07, 6.45) is -3.48. The lowest BCUT2D eigenvalue weighted by Gasteiger charge is -2.07. The highest BCUT2D eigenvalue weighted by molar-refractivity contribution is 5.48. The smallest absolute Gasteiger partial charge is 0.396 e. The van der Waals surface area contributed by atoms with Crippen LogP contribution >= 0.6 is 0 Å². The summed E-state index contributed by atoms with van der Waals surface area (Å²) < 4.78 is 38.8. The third-order valence-electron chi connectivity index (χ3n) is 2.47. The van der Waals surface area contributed by atoms with E-state index in [2.05, 4.69) is 15.1 Å². The molecule has 2 aromatic heterocycles. The minimum absolute atomic E-state index is 0.151. The van der Waals surface area contributed by atoms with Gasteiger partial charge in [-0.05, 0) is 19.9 Å². The molecule has 96 valence electrons. The maximum absolute atomic E-state index is 12.5. The molecule has 0 fully saturated rings. The molecule has 0 saturated heterocycles. The van der Waals surface area contributed by atoms with Crippen molar-refractivity contribution in [1.29, 1.82) is 0 Å². The van der Waals surface area contributed by atoms with E-state index in [1.54, 1.807) is 13.8 Å². The van der Waals surface area contributed by atoms with E-state index in [-0.39, 0.29) is 5.95 Å². The van der Waals surface area contributed by atoms with Gasteiger partial charge in [-0.2, -0.15) is 18.3 Å². The van der Waals surface area contributed by atoms with Gasteiger partial charge in [0.2, 0.25) is 0 Å². The van der Waals surface area contributed by atoms with Crippen molar-refractivity contribution in [3.8, 4) is 5.95 Å². The quantitative estimate of drug-likeness (QED) is 0.846. The number of nitrogens with zero attached hydrogens (tertiary/aromatic N) is 4. The summed E-state index contributed by atoms with van der Waals surface area (Å²) >= 11 is 0. The van der Waals surface area contributed by atoms with Crippen LogP contribution in [0.1, 0.15) is 17.1 Å². The third kappa shape index (κ3) is 2.01. The van der Waals surface area contributed by atoms with E-state index in [0.717, 1.165) is 12.3 Å². The molecular formula is C10H10F3N5. The zero-order valence-corrected chi connectivity index (χ0v) is 9.65. The molecule has 0 aliphatic carbocycles. The van der Waals surface area contributed by atoms with E-state index < -0.39 is 11.9 Å². The Morgan fingerprint density at radius 2 is 1.94 bits per heavy atom. The first-order chi connectivity index (χ1) is 8.30. The Bertz CT molecular complexity index is 588. The molecule has 0 bridgehead atoms. The number of aromatic nitrogens is 4. The molecular weight excluding hydrogens is 247 g/mol. The van der Waals surface area contributed by atoms with Gasteiger partial charge in [-0.1, -0.05) is 0 Å². The van der Waals surface area contributed by atoms with Crippen molar-refractivity contribution in [2.45, 2.75) is 20.0 Å². The zero-order valence-electron chi connectivity index (χ0n) is 9.65. The number of nitrogens with two attached hydrogens (primary N) is 1. The highest BCUT2D eigenvalue weighted by atomic mass is 19.4. The van der Waals surface area contributed by atoms with Gasteiger partial charge >= 0.3 is 6.18 Å². The maximum Gasteiger partial charge on any atom is 0.433 e. The molecule has 0 radical (unpaired) electrons. The number of anilines is 1. The summed E-state index contributed by atoms with van der Waals surface area (Å²) in [4.78, 5) is 7.21. The monoisotopic (exact) mass is 257 g/mol. The molecule has 2 rings (SSSR count). The van der Waals surface area contributed by atoms with Gasteiger partial charge in [0, 0.05) is 6.20 Å². The van der Waals surface area contributed by atoms with Crippen LogP contribution in [0.3, 0.4) is 0 Å². The van der Waals surface area contributed by atoms with Gasteiger partial charge in [0.1, 0.15) is 5.69 Å². The van der Waals surface area contributed by atoms with Crippen molar-refractivity contribution in [1.82, 2.24) is 19.7 Å². The summed E-state index contributed by atoms with van der Waals surface area (Å²) in [5.74, 6) is -0.151. The van der Waals surface area contributed by atoms with Crippen molar-refractivity contribution >= 4 is 5.69 Å². The van der Waals surface area contributed by atoms with Crippen LogP contribution in [0.5, 0.6) is 0 Å². The van der Waals surface area contributed by atoms with E-state index >= 15 is 0 Å². The standard InChI is InChI=1S/C10H10F3N5/c1-5-8(14)6(2)18(17-5)9-15-4-3-7(16-9)10(11,12)13/h3-4H,14H2,1-2H3. The summed E-state index contributed by atoms with van der Waals surface area (Å²) in [6, 6.07) is 0.804. The predicted octanol–water partition coefficient (Wildman–Crippen LogP) is 1.88. The van der Waals surface area contributed by atoms with Gasteiger partial charge < -0.3 is 5.73 Å². The Morgan fingerprint density at radius 1 is 1.28 bits per heavy atom. The molecule has 8 heteroatoms. The molecule has 18 heavy (non-hydrogen) atoms. The Morgan fingerprint density at radius 3 is 2.44 bits per heavy atom. The van der Waals surface area contributed by atoms with E-state index in [1.165, 1.54) is 4.68 Å². The fourth-order valence-corrected chi connectivity index (χ4v) is 1.46. The van der Waals surface area contributed by atoms with Crippen molar-refractivity contribution in [2.24, 2.45) is 0 Å². The van der Waals surface area contributed by atoms with Crippen LogP contribution in [-0.2, 0) is 6.18 Å². The highest BCUT2D eigenvalue weighted by Gasteiger charge is 2.33. The molecule has 5 nitrogen and oxygen atoms in total. The van der Waals surface area contributed by atoms with E-state index in [9.17, 15) is 13.2 Å². The number of nitrogen functional groups attached to an aromatic ring is 1. The Labute approximate surface area is 100 Å². The van der Waals surface area contributed by atoms with Crippen LogP contribution in [0.2, 0.25) is 0 Å². The SMILES string of the molecule is Cc1nn(-c2nccc(C(F)(F)F)n2)c(C)c1N. The molecule has 0 amide bonds. The average molecular weight is 257 g/mol. The number of alkyl halides is 3. The van der Waals surface area contributed by atoms with Crippen LogP contribution in [-0.4, -0.2) is 19.7 Å². The lowest BCUT2D eigenvalue weighted by molar-refractivity contribution is -0.141. The first-order valence-corrected chi connectivity index (χ1v) is 5.03. The first-order valence-electron chi connectivity index (χ1n) is 5.03. The van der Waals surface area contributed by atoms with Gasteiger partial charge in [-0.15, -0.1) is 0 Å². The van der Waals surface area contributed by atoms with E-state index in [1.807, 2.05) is 0 Å². The Kier molecular flexibility index (Phi) is 2.72. The van der Waals surface area contributed by atoms with E-state index in [0.29, 0.717) is 17.1 Å². The summed E-state index contributed by atoms with van der Waals surface area (Å²) in [6.45, 7) is 3.30. The second-order valence-electron chi connectivity index (χ2n) is 3.74. The minimum Gasteiger partial charge on any atom is -0.396 e. The molecule has 0 unspecified atom stereocenters. The summed E-state index contributed by atoms with van der Waals surface area (Å²) in [7, 11) is 0. The Hall–Kier alpha value is -2.12. The largest absolute Gasteiger partial charge is 0.433 e. The predicted molar refractivity (Wildman–Crippen MR) is 58.0 cm³/mol. The Balaban J connectivity index is 2.55. The van der Waals surface area contributed by atoms with Crippen LogP contribution < -0.4 is 5.73 Å². The molecule has 0 aliphatic heterocycles. The molecule has 0 aliphatic rings. The highest BCUT2D eigenvalue weighted by Crippen LogP contribution is 2.27. The zero-order chi connectivity index (χ0) is 13.5. The number of hydrogen-bond donors (Lipinski definition) is 1. The van der Waals surface area contributed by atoms with Crippen LogP contribution in [0.4, 0.5) is 18.9 Å². The maximum atomic E-state index is 12.5. The lowest BCUT2D eigenvalue weighted by atomic mass is 10.3. The number of halogens is 3. The fourth-order valence-electron chi connectivity index (χ4n) is 1.46. The molecule has 0 aromatic carbocycles. The van der Waals surface area contributed by atoms with Crippen molar-refractivity contribution in [2.75, 3.05) is 5.73 Å². The fraction of sp³-hybridized carbons (Fsp3) is 0.300. The summed E-state index contributed by atoms with van der Waals surface area (Å²) in [5, 5.41) is 4.00. The van der Waals surface area contributed by atoms with E-state index in [4.69, 9.17) is 5.73 Å². The van der Waals surface area contributed by atoms with Crippen molar-refractivity contribution < 1.29 is 13.2 Å². The normalized spacial score (nSPS) is 11.8. The topological polar surface area (TPSA) is 69.6 Å². The summed E-state index contributed by atoms with van der Waals surface area (Å²) in [5.41, 5.74) is 6.13. The minimum atomic E-state index is -4.51. The first kappa shape index (κ1) is 12.3. The molecule has 2 aromatic rings. The molecule has 2 heterocycles. The molecule has 0 spiro atoms. The number of aryl methyl sites for hydroxylation is 1.